The maximum atomic E-state index is 4.11. The molecule has 50 valence electrons. The molecule has 0 aromatic heterocycles. The summed E-state index contributed by atoms with van der Waals surface area (Å²) in [4.78, 5) is 7.94. The van der Waals surface area contributed by atoms with Crippen LogP contribution in [0.3, 0.4) is 0 Å². The summed E-state index contributed by atoms with van der Waals surface area (Å²) >= 11 is 5.75. The van der Waals surface area contributed by atoms with Crippen LogP contribution in [-0.4, -0.2) is 23.0 Å². The molecule has 9 heavy (non-hydrogen) atoms. The van der Waals surface area contributed by atoms with Gasteiger partial charge in [0.2, 0.25) is 0 Å². The molecule has 0 fully saturated rings. The lowest BCUT2D eigenvalue weighted by Crippen LogP contribution is -2.02. The monoisotopic (exact) mass is 160 g/mol. The molecule has 1 unspecified atom stereocenters. The van der Waals surface area contributed by atoms with E-state index >= 15 is 0 Å². The summed E-state index contributed by atoms with van der Waals surface area (Å²) < 4.78 is 0. The highest BCUT2D eigenvalue weighted by atomic mass is 32.2. The van der Waals surface area contributed by atoms with Gasteiger partial charge in [-0.1, -0.05) is 11.8 Å². The Morgan fingerprint density at radius 1 is 1.67 bits per heavy atom. The largest absolute Gasteiger partial charge is 0.259 e. The van der Waals surface area contributed by atoms with Gasteiger partial charge in [0.1, 0.15) is 11.7 Å². The second kappa shape index (κ2) is 3.95. The summed E-state index contributed by atoms with van der Waals surface area (Å²) in [5, 5.41) is 0.361. The van der Waals surface area contributed by atoms with Crippen LogP contribution in [0.15, 0.2) is 9.98 Å². The summed E-state index contributed by atoms with van der Waals surface area (Å²) in [6, 6.07) is 0. The van der Waals surface area contributed by atoms with Crippen molar-refractivity contribution in [2.75, 3.05) is 5.75 Å². The molecule has 0 aromatic carbocycles. The van der Waals surface area contributed by atoms with E-state index in [0.29, 0.717) is 5.37 Å². The molecule has 4 heteroatoms. The molecule has 0 bridgehead atoms. The van der Waals surface area contributed by atoms with Crippen molar-refractivity contribution in [3.05, 3.63) is 0 Å². The zero-order chi connectivity index (χ0) is 6.53. The van der Waals surface area contributed by atoms with Gasteiger partial charge in [0.05, 0.1) is 5.55 Å². The predicted molar refractivity (Wildman–Crippen MR) is 46.8 cm³/mol. The van der Waals surface area contributed by atoms with Gasteiger partial charge in [-0.2, -0.15) is 12.6 Å². The smallest absolute Gasteiger partial charge is 0.111 e. The highest BCUT2D eigenvalue weighted by Crippen LogP contribution is 2.15. The first kappa shape index (κ1) is 7.15. The fourth-order valence-electron chi connectivity index (χ4n) is 0.534. The molecule has 1 heterocycles. The molecule has 1 aliphatic rings. The van der Waals surface area contributed by atoms with Crippen LogP contribution in [0.5, 0.6) is 0 Å². The van der Waals surface area contributed by atoms with Gasteiger partial charge in [0.15, 0.2) is 0 Å². The van der Waals surface area contributed by atoms with Crippen molar-refractivity contribution in [2.45, 2.75) is 11.8 Å². The minimum atomic E-state index is 0.361. The number of aliphatic imine (C=N–C) groups is 2. The van der Waals surface area contributed by atoms with Gasteiger partial charge in [-0.05, 0) is 12.2 Å². The third-order valence-electron chi connectivity index (χ3n) is 0.954. The van der Waals surface area contributed by atoms with Gasteiger partial charge in [-0.15, -0.1) is 0 Å². The van der Waals surface area contributed by atoms with Crippen LogP contribution < -0.4 is 0 Å². The van der Waals surface area contributed by atoms with E-state index in [2.05, 4.69) is 22.6 Å². The first-order valence-electron chi connectivity index (χ1n) is 2.73. The quantitative estimate of drug-likeness (QED) is 0.607. The average molecular weight is 160 g/mol. The van der Waals surface area contributed by atoms with Crippen LogP contribution in [0.1, 0.15) is 6.42 Å². The first-order valence-corrected chi connectivity index (χ1v) is 4.30. The lowest BCUT2D eigenvalue weighted by atomic mass is 10.5. The Labute approximate surface area is 64.3 Å². The Morgan fingerprint density at radius 3 is 3.11 bits per heavy atom. The molecule has 2 nitrogen and oxygen atoms in total. The van der Waals surface area contributed by atoms with Gasteiger partial charge >= 0.3 is 0 Å². The van der Waals surface area contributed by atoms with E-state index in [4.69, 9.17) is 0 Å². The third kappa shape index (κ3) is 2.41. The number of hydrogen-bond donors (Lipinski definition) is 1. The normalized spacial score (nSPS) is 24.8. The van der Waals surface area contributed by atoms with Crippen LogP contribution in [0.4, 0.5) is 0 Å². The second-order valence-corrected chi connectivity index (χ2v) is 3.10. The molecule has 0 amide bonds. The van der Waals surface area contributed by atoms with Crippen molar-refractivity contribution < 1.29 is 0 Å². The Bertz CT molecular complexity index is 133. The maximum Gasteiger partial charge on any atom is 0.111 e. The van der Waals surface area contributed by atoms with Crippen LogP contribution in [0.25, 0.3) is 0 Å². The van der Waals surface area contributed by atoms with E-state index < -0.39 is 0 Å². The molecular weight excluding hydrogens is 152 g/mol. The predicted octanol–water partition coefficient (Wildman–Crippen LogP) is 1.44. The first-order chi connectivity index (χ1) is 4.43. The van der Waals surface area contributed by atoms with Gasteiger partial charge in [-0.3, -0.25) is 4.99 Å². The van der Waals surface area contributed by atoms with E-state index in [1.54, 1.807) is 18.1 Å². The summed E-state index contributed by atoms with van der Waals surface area (Å²) in [6.07, 6.45) is 2.63. The van der Waals surface area contributed by atoms with Crippen LogP contribution in [0, 0.1) is 0 Å². The Balaban J connectivity index is 2.28. The third-order valence-corrected chi connectivity index (χ3v) is 2.13. The number of nitrogens with zero attached hydrogens (tertiary/aromatic N) is 2. The minimum Gasteiger partial charge on any atom is -0.259 e. The lowest BCUT2D eigenvalue weighted by Gasteiger charge is -2.07. The van der Waals surface area contributed by atoms with Crippen molar-refractivity contribution >= 4 is 36.3 Å². The number of rotatable bonds is 2. The maximum absolute atomic E-state index is 4.11. The highest BCUT2D eigenvalue weighted by Gasteiger charge is 2.04. The molecular formula is C5H8N2S2. The number of hydrogen-bond acceptors (Lipinski definition) is 4. The standard InChI is InChI=1S/C5H8N2S2/c8-2-1-5-7-3-6-4-9-5/h3-5,8H,1-2H2. The molecule has 0 saturated carbocycles. The SMILES string of the molecule is SCCC1N=CN=CS1. The minimum absolute atomic E-state index is 0.361. The van der Waals surface area contributed by atoms with E-state index in [0.717, 1.165) is 12.2 Å². The molecule has 1 atom stereocenters. The van der Waals surface area contributed by atoms with E-state index in [-0.39, 0.29) is 0 Å². The highest BCUT2D eigenvalue weighted by molar-refractivity contribution is 8.12. The Morgan fingerprint density at radius 2 is 2.56 bits per heavy atom. The summed E-state index contributed by atoms with van der Waals surface area (Å²) in [5.41, 5.74) is 1.82. The van der Waals surface area contributed by atoms with Crippen LogP contribution in [-0.2, 0) is 0 Å². The van der Waals surface area contributed by atoms with Gasteiger partial charge in [0.25, 0.3) is 0 Å². The second-order valence-electron chi connectivity index (χ2n) is 1.62. The van der Waals surface area contributed by atoms with Gasteiger partial charge in [0, 0.05) is 0 Å². The van der Waals surface area contributed by atoms with Gasteiger partial charge < -0.3 is 0 Å². The van der Waals surface area contributed by atoms with Crippen molar-refractivity contribution in [1.29, 1.82) is 0 Å². The number of thiol groups is 1. The van der Waals surface area contributed by atoms with E-state index in [1.165, 1.54) is 0 Å². The summed E-state index contributed by atoms with van der Waals surface area (Å²) in [7, 11) is 0. The summed E-state index contributed by atoms with van der Waals surface area (Å²) in [6.45, 7) is 0. The average Bonchev–Trinajstić information content (AvgIpc) is 1.91. The van der Waals surface area contributed by atoms with Gasteiger partial charge in [-0.25, -0.2) is 4.99 Å². The molecule has 0 aromatic rings. The molecule has 0 spiro atoms. The van der Waals surface area contributed by atoms with Crippen LogP contribution in [0.2, 0.25) is 0 Å². The van der Waals surface area contributed by atoms with Crippen molar-refractivity contribution in [3.63, 3.8) is 0 Å². The molecule has 1 rings (SSSR count). The van der Waals surface area contributed by atoms with E-state index in [1.807, 2.05) is 5.55 Å². The number of thioether (sulfide) groups is 1. The molecule has 1 aliphatic heterocycles. The topological polar surface area (TPSA) is 24.7 Å². The molecule has 0 aliphatic carbocycles. The Hall–Kier alpha value is 0.0400. The summed E-state index contributed by atoms with van der Waals surface area (Å²) in [5.74, 6) is 0.892. The molecule has 0 N–H and O–H groups in total. The fraction of sp³-hybridized carbons (Fsp3) is 0.600. The van der Waals surface area contributed by atoms with Crippen molar-refractivity contribution in [2.24, 2.45) is 9.98 Å². The zero-order valence-corrected chi connectivity index (χ0v) is 6.61. The van der Waals surface area contributed by atoms with Crippen LogP contribution >= 0.6 is 24.4 Å². The lowest BCUT2D eigenvalue weighted by molar-refractivity contribution is 0.887. The van der Waals surface area contributed by atoms with Crippen molar-refractivity contribution in [3.8, 4) is 0 Å². The zero-order valence-electron chi connectivity index (χ0n) is 4.90. The fourth-order valence-corrected chi connectivity index (χ4v) is 1.60. The Kier molecular flexibility index (Phi) is 3.14. The van der Waals surface area contributed by atoms with Crippen molar-refractivity contribution in [1.82, 2.24) is 0 Å². The molecule has 0 radical (unpaired) electrons. The van der Waals surface area contributed by atoms with E-state index in [9.17, 15) is 0 Å². The molecule has 0 saturated heterocycles.